The Morgan fingerprint density at radius 3 is 2.67 bits per heavy atom. The molecule has 0 aliphatic carbocycles. The third-order valence-electron chi connectivity index (χ3n) is 4.07. The topological polar surface area (TPSA) is 69.6 Å². The molecule has 1 aliphatic rings. The number of hydrogen-bond acceptors (Lipinski definition) is 4. The van der Waals surface area contributed by atoms with Gasteiger partial charge in [0.05, 0.1) is 11.5 Å². The quantitative estimate of drug-likeness (QED) is 0.806. The lowest BCUT2D eigenvalue weighted by atomic mass is 10.2. The molecule has 6 heteroatoms. The lowest BCUT2D eigenvalue weighted by molar-refractivity contribution is 0.219. The Morgan fingerprint density at radius 2 is 2.05 bits per heavy atom. The second-order valence-electron chi connectivity index (χ2n) is 5.31. The third kappa shape index (κ3) is 3.22. The highest BCUT2D eigenvalue weighted by Gasteiger charge is 2.30. The van der Waals surface area contributed by atoms with Gasteiger partial charge in [0, 0.05) is 24.8 Å². The molecular weight excluding hydrogens is 288 g/mol. The molecule has 1 aromatic carbocycles. The number of rotatable bonds is 7. The summed E-state index contributed by atoms with van der Waals surface area (Å²) in [6.07, 6.45) is 2.40. The summed E-state index contributed by atoms with van der Waals surface area (Å²) in [4.78, 5) is 0.302. The van der Waals surface area contributed by atoms with Crippen molar-refractivity contribution in [2.24, 2.45) is 0 Å². The van der Waals surface area contributed by atoms with Crippen LogP contribution >= 0.6 is 0 Å². The second-order valence-corrected chi connectivity index (χ2v) is 7.20. The zero-order valence-electron chi connectivity index (χ0n) is 12.7. The van der Waals surface area contributed by atoms with Gasteiger partial charge < -0.3 is 10.4 Å². The molecule has 0 aromatic heterocycles. The first kappa shape index (κ1) is 16.3. The van der Waals surface area contributed by atoms with Crippen molar-refractivity contribution in [2.45, 2.75) is 44.0 Å². The maximum absolute atomic E-state index is 12.9. The molecule has 118 valence electrons. The zero-order chi connectivity index (χ0) is 15.5. The van der Waals surface area contributed by atoms with Crippen LogP contribution in [0.3, 0.4) is 0 Å². The van der Waals surface area contributed by atoms with Gasteiger partial charge >= 0.3 is 0 Å². The van der Waals surface area contributed by atoms with E-state index in [1.54, 1.807) is 12.1 Å². The van der Waals surface area contributed by atoms with E-state index in [1.807, 2.05) is 19.9 Å². The van der Waals surface area contributed by atoms with Crippen LogP contribution in [-0.4, -0.2) is 43.6 Å². The number of sulfonamides is 1. The maximum Gasteiger partial charge on any atom is 0.243 e. The van der Waals surface area contributed by atoms with E-state index in [4.69, 9.17) is 0 Å². The lowest BCUT2D eigenvalue weighted by Gasteiger charge is -2.29. The van der Waals surface area contributed by atoms with Gasteiger partial charge in [-0.3, -0.25) is 0 Å². The van der Waals surface area contributed by atoms with Crippen molar-refractivity contribution >= 4 is 15.7 Å². The molecule has 0 unspecified atom stereocenters. The highest BCUT2D eigenvalue weighted by molar-refractivity contribution is 7.89. The Labute approximate surface area is 127 Å². The fourth-order valence-electron chi connectivity index (χ4n) is 2.86. The molecule has 0 spiro atoms. The summed E-state index contributed by atoms with van der Waals surface area (Å²) in [5.41, 5.74) is 2.06. The van der Waals surface area contributed by atoms with Crippen LogP contribution in [0.4, 0.5) is 5.69 Å². The predicted molar refractivity (Wildman–Crippen MR) is 84.0 cm³/mol. The second kappa shape index (κ2) is 6.77. The van der Waals surface area contributed by atoms with E-state index >= 15 is 0 Å². The standard InChI is InChI=1S/C15H24N2O3S/c1-3-13(4-2)17(9-10-18)21(19,20)14-6-5-12-7-8-16-15(12)11-14/h5-6,11,13,16,18H,3-4,7-10H2,1-2H3. The molecule has 0 atom stereocenters. The van der Waals surface area contributed by atoms with Gasteiger partial charge in [0.15, 0.2) is 0 Å². The summed E-state index contributed by atoms with van der Waals surface area (Å²) in [5, 5.41) is 12.4. The van der Waals surface area contributed by atoms with E-state index in [2.05, 4.69) is 5.32 Å². The maximum atomic E-state index is 12.9. The predicted octanol–water partition coefficient (Wildman–Crippen LogP) is 1.83. The molecule has 0 saturated carbocycles. The molecule has 2 rings (SSSR count). The fraction of sp³-hybridized carbons (Fsp3) is 0.600. The number of aliphatic hydroxyl groups is 1. The summed E-state index contributed by atoms with van der Waals surface area (Å²) in [6.45, 7) is 4.76. The van der Waals surface area contributed by atoms with E-state index < -0.39 is 10.0 Å². The van der Waals surface area contributed by atoms with Crippen LogP contribution in [0.15, 0.2) is 23.1 Å². The number of fused-ring (bicyclic) bond motifs is 1. The summed E-state index contributed by atoms with van der Waals surface area (Å²) in [5.74, 6) is 0. The van der Waals surface area contributed by atoms with E-state index in [0.717, 1.165) is 37.1 Å². The minimum Gasteiger partial charge on any atom is -0.395 e. The van der Waals surface area contributed by atoms with Crippen molar-refractivity contribution < 1.29 is 13.5 Å². The first-order valence-corrected chi connectivity index (χ1v) is 8.98. The first-order chi connectivity index (χ1) is 10.0. The molecule has 2 N–H and O–H groups in total. The summed E-state index contributed by atoms with van der Waals surface area (Å²) in [7, 11) is -3.57. The molecular formula is C15H24N2O3S. The largest absolute Gasteiger partial charge is 0.395 e. The third-order valence-corrected chi connectivity index (χ3v) is 6.02. The lowest BCUT2D eigenvalue weighted by Crippen LogP contribution is -2.41. The average molecular weight is 312 g/mol. The van der Waals surface area contributed by atoms with Crippen LogP contribution in [0.1, 0.15) is 32.3 Å². The van der Waals surface area contributed by atoms with E-state index in [0.29, 0.717) is 4.90 Å². The number of nitrogens with one attached hydrogen (secondary N) is 1. The molecule has 1 aromatic rings. The number of nitrogens with zero attached hydrogens (tertiary/aromatic N) is 1. The van der Waals surface area contributed by atoms with Gasteiger partial charge in [0.1, 0.15) is 0 Å². The van der Waals surface area contributed by atoms with Crippen LogP contribution in [0.2, 0.25) is 0 Å². The van der Waals surface area contributed by atoms with Gasteiger partial charge in [-0.2, -0.15) is 4.31 Å². The molecule has 0 fully saturated rings. The highest BCUT2D eigenvalue weighted by atomic mass is 32.2. The SMILES string of the molecule is CCC(CC)N(CCO)S(=O)(=O)c1ccc2c(c1)NCC2. The van der Waals surface area contributed by atoms with Crippen molar-refractivity contribution in [3.8, 4) is 0 Å². The van der Waals surface area contributed by atoms with Gasteiger partial charge in [-0.05, 0) is 37.0 Å². The van der Waals surface area contributed by atoms with Gasteiger partial charge in [0.25, 0.3) is 0 Å². The summed E-state index contributed by atoms with van der Waals surface area (Å²) in [6, 6.07) is 5.19. The van der Waals surface area contributed by atoms with Crippen LogP contribution in [0.25, 0.3) is 0 Å². The normalized spacial score (nSPS) is 14.5. The summed E-state index contributed by atoms with van der Waals surface area (Å²) < 4.78 is 27.2. The zero-order valence-corrected chi connectivity index (χ0v) is 13.5. The molecule has 0 radical (unpaired) electrons. The molecule has 21 heavy (non-hydrogen) atoms. The van der Waals surface area contributed by atoms with Crippen molar-refractivity contribution in [3.05, 3.63) is 23.8 Å². The summed E-state index contributed by atoms with van der Waals surface area (Å²) >= 11 is 0. The molecule has 1 heterocycles. The Kier molecular flexibility index (Phi) is 5.24. The molecule has 1 aliphatic heterocycles. The van der Waals surface area contributed by atoms with Crippen LogP contribution in [-0.2, 0) is 16.4 Å². The highest BCUT2D eigenvalue weighted by Crippen LogP contribution is 2.28. The Hall–Kier alpha value is -1.11. The van der Waals surface area contributed by atoms with Crippen molar-refractivity contribution in [1.29, 1.82) is 0 Å². The number of aliphatic hydroxyl groups excluding tert-OH is 1. The number of benzene rings is 1. The van der Waals surface area contributed by atoms with E-state index in [-0.39, 0.29) is 19.2 Å². The van der Waals surface area contributed by atoms with E-state index in [1.165, 1.54) is 4.31 Å². The Balaban J connectivity index is 2.38. The van der Waals surface area contributed by atoms with Crippen molar-refractivity contribution in [3.63, 3.8) is 0 Å². The smallest absolute Gasteiger partial charge is 0.243 e. The monoisotopic (exact) mass is 312 g/mol. The van der Waals surface area contributed by atoms with Gasteiger partial charge in [-0.15, -0.1) is 0 Å². The molecule has 0 saturated heterocycles. The van der Waals surface area contributed by atoms with Crippen LogP contribution < -0.4 is 5.32 Å². The van der Waals surface area contributed by atoms with Crippen LogP contribution in [0.5, 0.6) is 0 Å². The van der Waals surface area contributed by atoms with Gasteiger partial charge in [-0.1, -0.05) is 19.9 Å². The number of hydrogen-bond donors (Lipinski definition) is 2. The minimum absolute atomic E-state index is 0.0802. The molecule has 0 amide bonds. The Morgan fingerprint density at radius 1 is 1.33 bits per heavy atom. The molecule has 0 bridgehead atoms. The van der Waals surface area contributed by atoms with Gasteiger partial charge in [-0.25, -0.2) is 8.42 Å². The van der Waals surface area contributed by atoms with Crippen molar-refractivity contribution in [2.75, 3.05) is 25.0 Å². The van der Waals surface area contributed by atoms with Crippen LogP contribution in [0, 0.1) is 0 Å². The molecule has 5 nitrogen and oxygen atoms in total. The van der Waals surface area contributed by atoms with E-state index in [9.17, 15) is 13.5 Å². The van der Waals surface area contributed by atoms with Crippen molar-refractivity contribution in [1.82, 2.24) is 4.31 Å². The fourth-order valence-corrected chi connectivity index (χ4v) is 4.65. The van der Waals surface area contributed by atoms with Gasteiger partial charge in [0.2, 0.25) is 10.0 Å². The first-order valence-electron chi connectivity index (χ1n) is 7.54. The number of anilines is 1. The minimum atomic E-state index is -3.57. The Bertz CT molecular complexity index is 583. The average Bonchev–Trinajstić information content (AvgIpc) is 2.94.